The van der Waals surface area contributed by atoms with Crippen LogP contribution in [0.15, 0.2) is 16.9 Å². The number of amides is 1. The van der Waals surface area contributed by atoms with E-state index in [0.717, 1.165) is 19.3 Å². The summed E-state index contributed by atoms with van der Waals surface area (Å²) in [5, 5.41) is 12.1. The van der Waals surface area contributed by atoms with Crippen molar-refractivity contribution in [1.82, 2.24) is 9.88 Å². The summed E-state index contributed by atoms with van der Waals surface area (Å²) >= 11 is 0. The fourth-order valence-electron chi connectivity index (χ4n) is 4.71. The van der Waals surface area contributed by atoms with E-state index in [1.54, 1.807) is 4.57 Å². The Balaban J connectivity index is 1.78. The van der Waals surface area contributed by atoms with Crippen LogP contribution in [0.2, 0.25) is 0 Å². The third kappa shape index (κ3) is 4.06. The molecule has 0 bridgehead atoms. The first-order valence-corrected chi connectivity index (χ1v) is 10.8. The maximum atomic E-state index is 15.4. The van der Waals surface area contributed by atoms with E-state index < -0.39 is 6.09 Å². The highest BCUT2D eigenvalue weighted by Crippen LogP contribution is 2.42. The van der Waals surface area contributed by atoms with E-state index >= 15 is 4.39 Å². The number of nitrogens with zero attached hydrogens (tertiary/aromatic N) is 2. The highest BCUT2D eigenvalue weighted by molar-refractivity contribution is 5.92. The lowest BCUT2D eigenvalue weighted by atomic mass is 10.0. The van der Waals surface area contributed by atoms with Crippen LogP contribution >= 0.6 is 0 Å². The van der Waals surface area contributed by atoms with E-state index in [2.05, 4.69) is 5.32 Å². The number of aryl methyl sites for hydroxylation is 1. The van der Waals surface area contributed by atoms with Gasteiger partial charge in [-0.2, -0.15) is 0 Å². The van der Waals surface area contributed by atoms with Gasteiger partial charge >= 0.3 is 6.09 Å². The summed E-state index contributed by atoms with van der Waals surface area (Å²) in [5.74, 6) is 0.0630. The first-order valence-electron chi connectivity index (χ1n) is 10.8. The SMILES string of the molecule is Cc1c(N2CCC([C@H](C)NC(=O)O)C2)c(F)cc2c(OCCN)cc(=O)n(C3CC3)c12. The number of hydrogen-bond acceptors (Lipinski definition) is 5. The smallest absolute Gasteiger partial charge is 0.404 e. The second kappa shape index (κ2) is 8.37. The molecule has 2 heterocycles. The zero-order valence-electron chi connectivity index (χ0n) is 17.9. The van der Waals surface area contributed by atoms with Crippen molar-refractivity contribution in [3.05, 3.63) is 33.9 Å². The van der Waals surface area contributed by atoms with Crippen LogP contribution in [-0.2, 0) is 0 Å². The van der Waals surface area contributed by atoms with Gasteiger partial charge in [-0.05, 0) is 50.7 Å². The van der Waals surface area contributed by atoms with E-state index in [1.165, 1.54) is 12.1 Å². The Bertz CT molecular complexity index is 1070. The Morgan fingerprint density at radius 3 is 2.77 bits per heavy atom. The van der Waals surface area contributed by atoms with Crippen LogP contribution in [0.5, 0.6) is 5.75 Å². The van der Waals surface area contributed by atoms with Crippen LogP contribution in [0.25, 0.3) is 10.9 Å². The molecule has 8 nitrogen and oxygen atoms in total. The lowest BCUT2D eigenvalue weighted by Gasteiger charge is -2.26. The van der Waals surface area contributed by atoms with E-state index in [4.69, 9.17) is 15.6 Å². The predicted molar refractivity (Wildman–Crippen MR) is 117 cm³/mol. The minimum atomic E-state index is -1.06. The molecule has 2 fully saturated rings. The van der Waals surface area contributed by atoms with Gasteiger partial charge in [-0.1, -0.05) is 0 Å². The number of halogens is 1. The van der Waals surface area contributed by atoms with Gasteiger partial charge in [-0.3, -0.25) is 4.79 Å². The Labute approximate surface area is 179 Å². The number of nitrogens with one attached hydrogen (secondary N) is 1. The normalized spacial score (nSPS) is 19.6. The lowest BCUT2D eigenvalue weighted by Crippen LogP contribution is -2.38. The topological polar surface area (TPSA) is 110 Å². The molecular weight excluding hydrogens is 403 g/mol. The Hall–Kier alpha value is -2.81. The van der Waals surface area contributed by atoms with Crippen LogP contribution in [0.3, 0.4) is 0 Å². The van der Waals surface area contributed by atoms with Gasteiger partial charge in [-0.15, -0.1) is 0 Å². The molecule has 1 saturated heterocycles. The molecule has 2 atom stereocenters. The number of carboxylic acid groups (broad SMARTS) is 1. The van der Waals surface area contributed by atoms with Gasteiger partial charge in [0.15, 0.2) is 0 Å². The molecule has 1 unspecified atom stereocenters. The highest BCUT2D eigenvalue weighted by Gasteiger charge is 2.33. The summed E-state index contributed by atoms with van der Waals surface area (Å²) in [6.45, 7) is 5.38. The zero-order chi connectivity index (χ0) is 22.3. The van der Waals surface area contributed by atoms with Crippen LogP contribution in [0.4, 0.5) is 14.9 Å². The summed E-state index contributed by atoms with van der Waals surface area (Å²) in [5.41, 5.74) is 7.28. The number of nitrogens with two attached hydrogens (primary N) is 1. The molecular formula is C22H29FN4O4. The number of pyridine rings is 1. The van der Waals surface area contributed by atoms with E-state index in [1.807, 2.05) is 18.7 Å². The van der Waals surface area contributed by atoms with Gasteiger partial charge < -0.3 is 30.4 Å². The van der Waals surface area contributed by atoms with Crippen LogP contribution in [-0.4, -0.2) is 48.0 Å². The second-order valence-electron chi connectivity index (χ2n) is 8.55. The zero-order valence-corrected chi connectivity index (χ0v) is 17.9. The van der Waals surface area contributed by atoms with Crippen molar-refractivity contribution in [2.24, 2.45) is 11.7 Å². The van der Waals surface area contributed by atoms with Crippen LogP contribution < -0.4 is 26.2 Å². The first kappa shape index (κ1) is 21.4. The molecule has 0 spiro atoms. The van der Waals surface area contributed by atoms with E-state index in [9.17, 15) is 9.59 Å². The lowest BCUT2D eigenvalue weighted by molar-refractivity contribution is 0.186. The molecule has 1 amide bonds. The first-order chi connectivity index (χ1) is 14.8. The number of benzene rings is 1. The van der Waals surface area contributed by atoms with Gasteiger partial charge in [0.2, 0.25) is 0 Å². The third-order valence-corrected chi connectivity index (χ3v) is 6.35. The Kier molecular flexibility index (Phi) is 5.79. The van der Waals surface area contributed by atoms with Crippen molar-refractivity contribution in [1.29, 1.82) is 0 Å². The number of carbonyl (C=O) groups is 1. The standard InChI is InChI=1S/C22H29FN4O4/c1-12-20-16(18(31-8-6-24)10-19(28)27(20)15-3-4-15)9-17(23)21(12)26-7-5-14(11-26)13(2)25-22(29)30/h9-10,13-15,25H,3-8,11,24H2,1-2H3,(H,29,30)/t13-,14?/m0/s1. The number of aromatic nitrogens is 1. The van der Waals surface area contributed by atoms with Crippen molar-refractivity contribution in [2.45, 2.75) is 45.2 Å². The van der Waals surface area contributed by atoms with Crippen LogP contribution in [0.1, 0.15) is 37.8 Å². The molecule has 4 N–H and O–H groups in total. The molecule has 31 heavy (non-hydrogen) atoms. The van der Waals surface area contributed by atoms with Crippen molar-refractivity contribution in [2.75, 3.05) is 31.1 Å². The summed E-state index contributed by atoms with van der Waals surface area (Å²) in [7, 11) is 0. The number of ether oxygens (including phenoxy) is 1. The molecule has 0 radical (unpaired) electrons. The quantitative estimate of drug-likeness (QED) is 0.620. The average Bonchev–Trinajstić information content (AvgIpc) is 3.42. The van der Waals surface area contributed by atoms with Crippen LogP contribution in [0, 0.1) is 18.7 Å². The summed E-state index contributed by atoms with van der Waals surface area (Å²) < 4.78 is 22.9. The summed E-state index contributed by atoms with van der Waals surface area (Å²) in [6, 6.07) is 2.78. The van der Waals surface area contributed by atoms with Gasteiger partial charge in [0, 0.05) is 43.2 Å². The largest absolute Gasteiger partial charge is 0.491 e. The molecule has 1 aliphatic heterocycles. The average molecular weight is 432 g/mol. The van der Waals surface area contributed by atoms with Crippen molar-refractivity contribution >= 4 is 22.7 Å². The molecule has 168 valence electrons. The maximum Gasteiger partial charge on any atom is 0.404 e. The number of anilines is 1. The number of rotatable bonds is 7. The van der Waals surface area contributed by atoms with Crippen molar-refractivity contribution < 1.29 is 19.0 Å². The monoisotopic (exact) mass is 432 g/mol. The van der Waals surface area contributed by atoms with Gasteiger partial charge in [0.05, 0.1) is 11.2 Å². The maximum absolute atomic E-state index is 15.4. The molecule has 9 heteroatoms. The van der Waals surface area contributed by atoms with Gasteiger partial charge in [0.1, 0.15) is 18.2 Å². The fourth-order valence-corrected chi connectivity index (χ4v) is 4.71. The van der Waals surface area contributed by atoms with Crippen molar-refractivity contribution in [3.8, 4) is 5.75 Å². The third-order valence-electron chi connectivity index (χ3n) is 6.35. The van der Waals surface area contributed by atoms with E-state index in [-0.39, 0.29) is 36.0 Å². The minimum Gasteiger partial charge on any atom is -0.491 e. The van der Waals surface area contributed by atoms with Gasteiger partial charge in [-0.25, -0.2) is 9.18 Å². The molecule has 4 rings (SSSR count). The molecule has 1 aromatic carbocycles. The molecule has 2 aromatic rings. The number of hydrogen-bond donors (Lipinski definition) is 3. The highest BCUT2D eigenvalue weighted by atomic mass is 19.1. The Morgan fingerprint density at radius 1 is 1.39 bits per heavy atom. The van der Waals surface area contributed by atoms with E-state index in [0.29, 0.717) is 47.5 Å². The Morgan fingerprint density at radius 2 is 2.13 bits per heavy atom. The van der Waals surface area contributed by atoms with Crippen molar-refractivity contribution in [3.63, 3.8) is 0 Å². The predicted octanol–water partition coefficient (Wildman–Crippen LogP) is 2.60. The minimum absolute atomic E-state index is 0.0791. The second-order valence-corrected chi connectivity index (χ2v) is 8.55. The van der Waals surface area contributed by atoms with Gasteiger partial charge in [0.25, 0.3) is 5.56 Å². The molecule has 1 aromatic heterocycles. The molecule has 1 aliphatic carbocycles. The fraction of sp³-hybridized carbons (Fsp3) is 0.545. The summed E-state index contributed by atoms with van der Waals surface area (Å²) in [4.78, 5) is 25.8. The summed E-state index contributed by atoms with van der Waals surface area (Å²) in [6.07, 6.45) is 1.55. The number of fused-ring (bicyclic) bond motifs is 1. The molecule has 2 aliphatic rings. The molecule has 1 saturated carbocycles.